The predicted octanol–water partition coefficient (Wildman–Crippen LogP) is 2.27. The van der Waals surface area contributed by atoms with Crippen LogP contribution in [0.3, 0.4) is 0 Å². The maximum Gasteiger partial charge on any atom is 0.308 e. The SMILES string of the molecule is O=C(NC1CCCC1C(=O)O)c1ccccc1I. The molecule has 0 bridgehead atoms. The average Bonchev–Trinajstić information content (AvgIpc) is 2.77. The lowest BCUT2D eigenvalue weighted by molar-refractivity contribution is -0.142. The van der Waals surface area contributed by atoms with Crippen molar-refractivity contribution in [1.82, 2.24) is 5.32 Å². The van der Waals surface area contributed by atoms with Crippen molar-refractivity contribution >= 4 is 34.5 Å². The summed E-state index contributed by atoms with van der Waals surface area (Å²) >= 11 is 2.10. The van der Waals surface area contributed by atoms with E-state index in [4.69, 9.17) is 5.11 Å². The lowest BCUT2D eigenvalue weighted by Crippen LogP contribution is -2.40. The van der Waals surface area contributed by atoms with E-state index in [0.717, 1.165) is 16.4 Å². The molecular formula is C13H14INO3. The number of rotatable bonds is 3. The summed E-state index contributed by atoms with van der Waals surface area (Å²) in [4.78, 5) is 23.1. The van der Waals surface area contributed by atoms with Crippen LogP contribution in [0.5, 0.6) is 0 Å². The molecule has 0 spiro atoms. The number of halogens is 1. The second-order valence-corrected chi connectivity index (χ2v) is 5.60. The van der Waals surface area contributed by atoms with Crippen molar-refractivity contribution in [1.29, 1.82) is 0 Å². The van der Waals surface area contributed by atoms with Crippen molar-refractivity contribution in [2.45, 2.75) is 25.3 Å². The van der Waals surface area contributed by atoms with Crippen LogP contribution in [0.2, 0.25) is 0 Å². The molecule has 4 nitrogen and oxygen atoms in total. The third-order valence-electron chi connectivity index (χ3n) is 3.27. The van der Waals surface area contributed by atoms with Crippen molar-refractivity contribution in [2.24, 2.45) is 5.92 Å². The van der Waals surface area contributed by atoms with Gasteiger partial charge in [0.2, 0.25) is 0 Å². The first-order valence-corrected chi connectivity index (χ1v) is 6.95. The quantitative estimate of drug-likeness (QED) is 0.814. The van der Waals surface area contributed by atoms with Crippen molar-refractivity contribution in [2.75, 3.05) is 0 Å². The summed E-state index contributed by atoms with van der Waals surface area (Å²) < 4.78 is 0.873. The van der Waals surface area contributed by atoms with Gasteiger partial charge in [0.1, 0.15) is 0 Å². The molecule has 5 heteroatoms. The molecule has 2 rings (SSSR count). The first kappa shape index (κ1) is 13.3. The van der Waals surface area contributed by atoms with E-state index in [1.54, 1.807) is 12.1 Å². The number of benzene rings is 1. The van der Waals surface area contributed by atoms with Crippen LogP contribution in [-0.2, 0) is 4.79 Å². The predicted molar refractivity (Wildman–Crippen MR) is 75.4 cm³/mol. The van der Waals surface area contributed by atoms with E-state index >= 15 is 0 Å². The van der Waals surface area contributed by atoms with Crippen molar-refractivity contribution < 1.29 is 14.7 Å². The van der Waals surface area contributed by atoms with Gasteiger partial charge in [-0.3, -0.25) is 9.59 Å². The topological polar surface area (TPSA) is 66.4 Å². The summed E-state index contributed by atoms with van der Waals surface area (Å²) in [7, 11) is 0. The molecule has 1 aromatic carbocycles. The van der Waals surface area contributed by atoms with Gasteiger partial charge >= 0.3 is 5.97 Å². The van der Waals surface area contributed by atoms with Crippen molar-refractivity contribution in [3.63, 3.8) is 0 Å². The molecule has 2 N–H and O–H groups in total. The van der Waals surface area contributed by atoms with E-state index in [1.807, 2.05) is 12.1 Å². The Labute approximate surface area is 119 Å². The fourth-order valence-corrected chi connectivity index (χ4v) is 2.95. The third-order valence-corrected chi connectivity index (χ3v) is 4.21. The maximum atomic E-state index is 12.1. The number of carboxylic acids is 1. The van der Waals surface area contributed by atoms with E-state index in [-0.39, 0.29) is 11.9 Å². The van der Waals surface area contributed by atoms with Gasteiger partial charge in [0, 0.05) is 9.61 Å². The smallest absolute Gasteiger partial charge is 0.308 e. The standard InChI is InChI=1S/C13H14INO3/c14-10-6-2-1-4-8(10)12(16)15-11-7-3-5-9(11)13(17)18/h1-2,4,6,9,11H,3,5,7H2,(H,15,16)(H,17,18). The van der Waals surface area contributed by atoms with Gasteiger partial charge in [0.25, 0.3) is 5.91 Å². The number of carboxylic acid groups (broad SMARTS) is 1. The van der Waals surface area contributed by atoms with Gasteiger partial charge < -0.3 is 10.4 Å². The van der Waals surface area contributed by atoms with Gasteiger partial charge in [-0.25, -0.2) is 0 Å². The number of hydrogen-bond donors (Lipinski definition) is 2. The van der Waals surface area contributed by atoms with Gasteiger partial charge in [-0.1, -0.05) is 18.6 Å². The molecule has 96 valence electrons. The van der Waals surface area contributed by atoms with Crippen LogP contribution in [0, 0.1) is 9.49 Å². The largest absolute Gasteiger partial charge is 0.481 e. The van der Waals surface area contributed by atoms with Crippen LogP contribution in [0.25, 0.3) is 0 Å². The minimum atomic E-state index is -0.819. The van der Waals surface area contributed by atoms with Crippen LogP contribution >= 0.6 is 22.6 Å². The summed E-state index contributed by atoms with van der Waals surface area (Å²) in [5.41, 5.74) is 0.606. The molecule has 1 aliphatic carbocycles. The van der Waals surface area contributed by atoms with Crippen LogP contribution in [0.1, 0.15) is 29.6 Å². The Hall–Kier alpha value is -1.11. The number of aliphatic carboxylic acids is 1. The molecule has 1 aromatic rings. The lowest BCUT2D eigenvalue weighted by Gasteiger charge is -2.17. The summed E-state index contributed by atoms with van der Waals surface area (Å²) in [5.74, 6) is -1.45. The Balaban J connectivity index is 2.08. The van der Waals surface area contributed by atoms with Gasteiger partial charge in [-0.2, -0.15) is 0 Å². The highest BCUT2D eigenvalue weighted by atomic mass is 127. The van der Waals surface area contributed by atoms with E-state index in [9.17, 15) is 9.59 Å². The molecule has 0 aromatic heterocycles. The minimum Gasteiger partial charge on any atom is -0.481 e. The average molecular weight is 359 g/mol. The third kappa shape index (κ3) is 2.82. The molecule has 0 aliphatic heterocycles. The second kappa shape index (κ2) is 5.69. The number of carbonyl (C=O) groups excluding carboxylic acids is 1. The summed E-state index contributed by atoms with van der Waals surface area (Å²) in [6.07, 6.45) is 2.24. The maximum absolute atomic E-state index is 12.1. The molecule has 2 atom stereocenters. The molecule has 18 heavy (non-hydrogen) atoms. The second-order valence-electron chi connectivity index (χ2n) is 4.44. The highest BCUT2D eigenvalue weighted by Crippen LogP contribution is 2.26. The molecule has 1 aliphatic rings. The number of carbonyl (C=O) groups is 2. The van der Waals surface area contributed by atoms with Gasteiger partial charge in [-0.05, 0) is 47.6 Å². The number of amides is 1. The Morgan fingerprint density at radius 1 is 1.28 bits per heavy atom. The zero-order valence-electron chi connectivity index (χ0n) is 9.73. The van der Waals surface area contributed by atoms with Gasteiger partial charge in [-0.15, -0.1) is 0 Å². The molecule has 0 heterocycles. The van der Waals surface area contributed by atoms with E-state index in [0.29, 0.717) is 12.0 Å². The highest BCUT2D eigenvalue weighted by Gasteiger charge is 2.34. The Morgan fingerprint density at radius 2 is 2.00 bits per heavy atom. The molecule has 1 saturated carbocycles. The fraction of sp³-hybridized carbons (Fsp3) is 0.385. The highest BCUT2D eigenvalue weighted by molar-refractivity contribution is 14.1. The van der Waals surface area contributed by atoms with Crippen molar-refractivity contribution in [3.8, 4) is 0 Å². The van der Waals surface area contributed by atoms with Crippen LogP contribution in [0.4, 0.5) is 0 Å². The molecular weight excluding hydrogens is 345 g/mol. The zero-order valence-corrected chi connectivity index (χ0v) is 11.9. The summed E-state index contributed by atoms with van der Waals surface area (Å²) in [6, 6.07) is 7.04. The first-order valence-electron chi connectivity index (χ1n) is 5.88. The number of nitrogens with one attached hydrogen (secondary N) is 1. The zero-order chi connectivity index (χ0) is 13.1. The lowest BCUT2D eigenvalue weighted by atomic mass is 10.0. The normalized spacial score (nSPS) is 22.7. The van der Waals surface area contributed by atoms with Crippen LogP contribution in [-0.4, -0.2) is 23.0 Å². The van der Waals surface area contributed by atoms with E-state index < -0.39 is 11.9 Å². The molecule has 1 fully saturated rings. The van der Waals surface area contributed by atoms with Gasteiger partial charge in [0.15, 0.2) is 0 Å². The Morgan fingerprint density at radius 3 is 2.67 bits per heavy atom. The van der Waals surface area contributed by atoms with Crippen LogP contribution < -0.4 is 5.32 Å². The van der Waals surface area contributed by atoms with Crippen molar-refractivity contribution in [3.05, 3.63) is 33.4 Å². The Bertz CT molecular complexity index is 475. The van der Waals surface area contributed by atoms with E-state index in [2.05, 4.69) is 27.9 Å². The molecule has 2 unspecified atom stereocenters. The fourth-order valence-electron chi connectivity index (χ4n) is 2.32. The van der Waals surface area contributed by atoms with E-state index in [1.165, 1.54) is 0 Å². The molecule has 0 radical (unpaired) electrons. The van der Waals surface area contributed by atoms with Crippen LogP contribution in [0.15, 0.2) is 24.3 Å². The summed E-state index contributed by atoms with van der Waals surface area (Å²) in [5, 5.41) is 11.9. The Kier molecular flexibility index (Phi) is 4.21. The van der Waals surface area contributed by atoms with Gasteiger partial charge in [0.05, 0.1) is 11.5 Å². The molecule has 1 amide bonds. The monoisotopic (exact) mass is 359 g/mol. The first-order chi connectivity index (χ1) is 8.59. The summed E-state index contributed by atoms with van der Waals surface area (Å²) in [6.45, 7) is 0. The molecule has 0 saturated heterocycles. The number of hydrogen-bond acceptors (Lipinski definition) is 2. The minimum absolute atomic E-state index is 0.182.